The number of nitrogens with zero attached hydrogens (tertiary/aromatic N) is 2. The fourth-order valence-electron chi connectivity index (χ4n) is 2.38. The summed E-state index contributed by atoms with van der Waals surface area (Å²) in [6.45, 7) is 4.32. The van der Waals surface area contributed by atoms with Crippen molar-refractivity contribution in [2.75, 3.05) is 6.61 Å². The largest absolute Gasteiger partial charge is 0.465 e. The Morgan fingerprint density at radius 2 is 2.10 bits per heavy atom. The predicted molar refractivity (Wildman–Crippen MR) is 81.6 cm³/mol. The highest BCUT2D eigenvalue weighted by Crippen LogP contribution is 2.29. The van der Waals surface area contributed by atoms with Gasteiger partial charge in [-0.3, -0.25) is 14.2 Å². The minimum atomic E-state index is -0.275. The molecule has 0 radical (unpaired) electrons. The van der Waals surface area contributed by atoms with Gasteiger partial charge in [-0.25, -0.2) is 4.98 Å². The molecule has 1 saturated heterocycles. The standard InChI is InChI=1S/C15H16N2O3S/c1-9(2)17-13(18)10-5-3-4-6-11(10)16-15(17)21-12-7-8-20-14(12)19/h3-6,9,12H,7-8H2,1-2H3/t12-/m0/s1. The zero-order valence-corrected chi connectivity index (χ0v) is 12.7. The number of hydrogen-bond acceptors (Lipinski definition) is 5. The minimum Gasteiger partial charge on any atom is -0.465 e. The van der Waals surface area contributed by atoms with Gasteiger partial charge in [-0.2, -0.15) is 0 Å². The van der Waals surface area contributed by atoms with Crippen molar-refractivity contribution in [3.05, 3.63) is 34.6 Å². The van der Waals surface area contributed by atoms with Crippen LogP contribution in [-0.4, -0.2) is 27.4 Å². The Hall–Kier alpha value is -1.82. The smallest absolute Gasteiger partial charge is 0.319 e. The van der Waals surface area contributed by atoms with E-state index in [1.807, 2.05) is 32.0 Å². The van der Waals surface area contributed by atoms with Crippen molar-refractivity contribution in [3.63, 3.8) is 0 Å². The molecule has 21 heavy (non-hydrogen) atoms. The number of aromatic nitrogens is 2. The summed E-state index contributed by atoms with van der Waals surface area (Å²) >= 11 is 1.32. The van der Waals surface area contributed by atoms with Crippen LogP contribution in [0.15, 0.2) is 34.2 Å². The van der Waals surface area contributed by atoms with Gasteiger partial charge in [0.1, 0.15) is 5.25 Å². The molecule has 2 aromatic rings. The molecular formula is C15H16N2O3S. The summed E-state index contributed by atoms with van der Waals surface area (Å²) in [6, 6.07) is 7.26. The summed E-state index contributed by atoms with van der Waals surface area (Å²) < 4.78 is 6.63. The van der Waals surface area contributed by atoms with E-state index in [4.69, 9.17) is 4.74 Å². The molecule has 1 atom stereocenters. The van der Waals surface area contributed by atoms with Crippen LogP contribution in [0, 0.1) is 0 Å². The molecule has 0 aliphatic carbocycles. The summed E-state index contributed by atoms with van der Waals surface area (Å²) in [5.41, 5.74) is 0.595. The molecule has 0 N–H and O–H groups in total. The Kier molecular flexibility index (Phi) is 3.71. The SMILES string of the molecule is CC(C)n1c(S[C@H]2CCOC2=O)nc2ccccc2c1=O. The highest BCUT2D eigenvalue weighted by molar-refractivity contribution is 8.00. The van der Waals surface area contributed by atoms with Crippen LogP contribution in [-0.2, 0) is 9.53 Å². The summed E-state index contributed by atoms with van der Waals surface area (Å²) in [6.07, 6.45) is 0.657. The Morgan fingerprint density at radius 1 is 1.33 bits per heavy atom. The first-order valence-electron chi connectivity index (χ1n) is 6.92. The third-order valence-corrected chi connectivity index (χ3v) is 4.64. The number of para-hydroxylation sites is 1. The first-order chi connectivity index (χ1) is 10.1. The molecule has 6 heteroatoms. The monoisotopic (exact) mass is 304 g/mol. The van der Waals surface area contributed by atoms with E-state index in [9.17, 15) is 9.59 Å². The van der Waals surface area contributed by atoms with Crippen LogP contribution in [0.4, 0.5) is 0 Å². The van der Waals surface area contributed by atoms with Crippen LogP contribution in [0.5, 0.6) is 0 Å². The third-order valence-electron chi connectivity index (χ3n) is 3.43. The molecule has 2 heterocycles. The third kappa shape index (κ3) is 2.55. The number of cyclic esters (lactones) is 1. The maximum Gasteiger partial charge on any atom is 0.319 e. The molecule has 0 amide bonds. The summed E-state index contributed by atoms with van der Waals surface area (Å²) in [5, 5.41) is 0.908. The van der Waals surface area contributed by atoms with Crippen LogP contribution in [0.3, 0.4) is 0 Å². The van der Waals surface area contributed by atoms with Gasteiger partial charge in [0.2, 0.25) is 0 Å². The zero-order valence-electron chi connectivity index (χ0n) is 11.9. The van der Waals surface area contributed by atoms with Gasteiger partial charge in [-0.05, 0) is 26.0 Å². The Labute approximate surface area is 126 Å². The second kappa shape index (κ2) is 5.52. The summed E-state index contributed by atoms with van der Waals surface area (Å²) in [7, 11) is 0. The molecule has 1 aliphatic heterocycles. The zero-order chi connectivity index (χ0) is 15.0. The highest BCUT2D eigenvalue weighted by Gasteiger charge is 2.29. The number of hydrogen-bond donors (Lipinski definition) is 0. The average molecular weight is 304 g/mol. The van der Waals surface area contributed by atoms with Crippen LogP contribution >= 0.6 is 11.8 Å². The number of carbonyl (C=O) groups is 1. The lowest BCUT2D eigenvalue weighted by Crippen LogP contribution is -2.26. The average Bonchev–Trinajstić information content (AvgIpc) is 2.84. The van der Waals surface area contributed by atoms with Gasteiger partial charge in [-0.15, -0.1) is 0 Å². The Morgan fingerprint density at radius 3 is 2.76 bits per heavy atom. The van der Waals surface area contributed by atoms with E-state index in [1.54, 1.807) is 10.6 Å². The first-order valence-corrected chi connectivity index (χ1v) is 7.80. The van der Waals surface area contributed by atoms with Crippen LogP contribution in [0.2, 0.25) is 0 Å². The first kappa shape index (κ1) is 14.1. The van der Waals surface area contributed by atoms with Crippen LogP contribution in [0.1, 0.15) is 26.3 Å². The van der Waals surface area contributed by atoms with E-state index < -0.39 is 0 Å². The minimum absolute atomic E-state index is 0.0190. The molecule has 1 aromatic carbocycles. The van der Waals surface area contributed by atoms with E-state index >= 15 is 0 Å². The molecule has 1 fully saturated rings. The van der Waals surface area contributed by atoms with Gasteiger partial charge in [0.25, 0.3) is 5.56 Å². The quantitative estimate of drug-likeness (QED) is 0.643. The van der Waals surface area contributed by atoms with Crippen molar-refractivity contribution in [1.82, 2.24) is 9.55 Å². The number of benzene rings is 1. The second-order valence-electron chi connectivity index (χ2n) is 5.24. The van der Waals surface area contributed by atoms with Crippen molar-refractivity contribution in [3.8, 4) is 0 Å². The van der Waals surface area contributed by atoms with Gasteiger partial charge in [0, 0.05) is 12.5 Å². The molecule has 0 saturated carbocycles. The number of esters is 1. The van der Waals surface area contributed by atoms with Crippen molar-refractivity contribution in [2.45, 2.75) is 36.7 Å². The molecular weight excluding hydrogens is 288 g/mol. The van der Waals surface area contributed by atoms with E-state index in [0.29, 0.717) is 29.1 Å². The van der Waals surface area contributed by atoms with Crippen molar-refractivity contribution < 1.29 is 9.53 Å². The topological polar surface area (TPSA) is 61.2 Å². The number of fused-ring (bicyclic) bond motifs is 1. The van der Waals surface area contributed by atoms with E-state index in [0.717, 1.165) is 0 Å². The van der Waals surface area contributed by atoms with Gasteiger partial charge >= 0.3 is 5.97 Å². The maximum atomic E-state index is 12.6. The molecule has 0 spiro atoms. The van der Waals surface area contributed by atoms with Crippen LogP contribution < -0.4 is 5.56 Å². The van der Waals surface area contributed by atoms with E-state index in [1.165, 1.54) is 11.8 Å². The lowest BCUT2D eigenvalue weighted by atomic mass is 10.2. The second-order valence-corrected chi connectivity index (χ2v) is 6.41. The van der Waals surface area contributed by atoms with E-state index in [-0.39, 0.29) is 22.8 Å². The molecule has 5 nitrogen and oxygen atoms in total. The van der Waals surface area contributed by atoms with E-state index in [2.05, 4.69) is 4.98 Å². The normalized spacial score (nSPS) is 18.4. The predicted octanol–water partition coefficient (Wildman–Crippen LogP) is 2.39. The Bertz CT molecular complexity index is 754. The lowest BCUT2D eigenvalue weighted by Gasteiger charge is -2.17. The molecule has 3 rings (SSSR count). The highest BCUT2D eigenvalue weighted by atomic mass is 32.2. The van der Waals surface area contributed by atoms with Gasteiger partial charge in [0.05, 0.1) is 17.5 Å². The van der Waals surface area contributed by atoms with Crippen molar-refractivity contribution in [2.24, 2.45) is 0 Å². The molecule has 0 unspecified atom stereocenters. The van der Waals surface area contributed by atoms with Crippen molar-refractivity contribution in [1.29, 1.82) is 0 Å². The number of carbonyl (C=O) groups excluding carboxylic acids is 1. The van der Waals surface area contributed by atoms with Gasteiger partial charge in [0.15, 0.2) is 5.16 Å². The molecule has 1 aromatic heterocycles. The fraction of sp³-hybridized carbons (Fsp3) is 0.400. The van der Waals surface area contributed by atoms with Crippen LogP contribution in [0.25, 0.3) is 10.9 Å². The van der Waals surface area contributed by atoms with Gasteiger partial charge in [-0.1, -0.05) is 23.9 Å². The van der Waals surface area contributed by atoms with Crippen molar-refractivity contribution >= 4 is 28.6 Å². The molecule has 0 bridgehead atoms. The molecule has 110 valence electrons. The maximum absolute atomic E-state index is 12.6. The van der Waals surface area contributed by atoms with Gasteiger partial charge < -0.3 is 4.74 Å². The number of rotatable bonds is 3. The number of ether oxygens (including phenoxy) is 1. The summed E-state index contributed by atoms with van der Waals surface area (Å²) in [5.74, 6) is -0.224. The Balaban J connectivity index is 2.13. The fourth-order valence-corrected chi connectivity index (χ4v) is 3.57. The lowest BCUT2D eigenvalue weighted by molar-refractivity contribution is -0.137. The number of thioether (sulfide) groups is 1. The molecule has 1 aliphatic rings. The summed E-state index contributed by atoms with van der Waals surface area (Å²) in [4.78, 5) is 28.9.